The number of nitrogens with zero attached hydrogens (tertiary/aromatic N) is 2. The third-order valence-corrected chi connectivity index (χ3v) is 3.73. The molecule has 0 aliphatic heterocycles. The number of carbonyl (C=O) groups is 1. The van der Waals surface area contributed by atoms with Gasteiger partial charge in [-0.15, -0.1) is 0 Å². The maximum atomic E-state index is 12.4. The molecule has 1 amide bonds. The van der Waals surface area contributed by atoms with Gasteiger partial charge in [0.1, 0.15) is 6.04 Å². The molecule has 0 aliphatic carbocycles. The average Bonchev–Trinajstić information content (AvgIpc) is 3.10. The molecule has 3 rings (SSSR count). The van der Waals surface area contributed by atoms with Crippen LogP contribution in [0.3, 0.4) is 0 Å². The second-order valence-corrected chi connectivity index (χ2v) is 5.88. The summed E-state index contributed by atoms with van der Waals surface area (Å²) in [5.41, 5.74) is 1.48. The topological polar surface area (TPSA) is 68.0 Å². The van der Waals surface area contributed by atoms with Crippen LogP contribution < -0.4 is 5.32 Å². The number of hydrogen-bond acceptors (Lipinski definition) is 4. The van der Waals surface area contributed by atoms with Crippen molar-refractivity contribution in [2.75, 3.05) is 0 Å². The van der Waals surface area contributed by atoms with Gasteiger partial charge in [0.2, 0.25) is 11.7 Å². The number of aromatic nitrogens is 2. The van der Waals surface area contributed by atoms with Crippen LogP contribution >= 0.6 is 0 Å². The van der Waals surface area contributed by atoms with Crippen molar-refractivity contribution < 1.29 is 9.32 Å². The first kappa shape index (κ1) is 15.9. The number of rotatable bonds is 5. The van der Waals surface area contributed by atoms with Crippen LogP contribution in [0.1, 0.15) is 36.1 Å². The smallest absolute Gasteiger partial charge is 0.251 e. The van der Waals surface area contributed by atoms with Gasteiger partial charge in [-0.25, -0.2) is 0 Å². The Morgan fingerprint density at radius 2 is 1.62 bits per heavy atom. The normalized spacial score (nSPS) is 12.1. The molecule has 3 aromatic rings. The molecular weight excluding hydrogens is 302 g/mol. The maximum absolute atomic E-state index is 12.4. The molecule has 0 radical (unpaired) electrons. The predicted octanol–water partition coefficient (Wildman–Crippen LogP) is 3.86. The molecule has 0 unspecified atom stereocenters. The first-order chi connectivity index (χ1) is 11.6. The zero-order valence-corrected chi connectivity index (χ0v) is 13.6. The fourth-order valence-corrected chi connectivity index (χ4v) is 2.39. The molecule has 1 heterocycles. The fourth-order valence-electron chi connectivity index (χ4n) is 2.39. The zero-order chi connectivity index (χ0) is 16.9. The summed E-state index contributed by atoms with van der Waals surface area (Å²) in [4.78, 5) is 16.9. The highest BCUT2D eigenvalue weighted by molar-refractivity contribution is 5.94. The highest BCUT2D eigenvalue weighted by Crippen LogP contribution is 2.23. The third-order valence-electron chi connectivity index (χ3n) is 3.73. The van der Waals surface area contributed by atoms with Crippen molar-refractivity contribution in [3.8, 4) is 11.4 Å². The Morgan fingerprint density at radius 1 is 1.00 bits per heavy atom. The quantitative estimate of drug-likeness (QED) is 0.774. The molecule has 0 fully saturated rings. The van der Waals surface area contributed by atoms with E-state index < -0.39 is 0 Å². The van der Waals surface area contributed by atoms with Crippen molar-refractivity contribution in [1.29, 1.82) is 0 Å². The molecule has 0 saturated heterocycles. The summed E-state index contributed by atoms with van der Waals surface area (Å²) in [6.07, 6.45) is 0. The van der Waals surface area contributed by atoms with E-state index in [9.17, 15) is 4.79 Å². The van der Waals surface area contributed by atoms with Gasteiger partial charge < -0.3 is 9.84 Å². The van der Waals surface area contributed by atoms with Crippen molar-refractivity contribution in [2.45, 2.75) is 19.9 Å². The zero-order valence-electron chi connectivity index (χ0n) is 13.6. The molecule has 2 aromatic carbocycles. The van der Waals surface area contributed by atoms with Crippen LogP contribution in [0, 0.1) is 5.92 Å². The van der Waals surface area contributed by atoms with E-state index in [0.717, 1.165) is 5.56 Å². The summed E-state index contributed by atoms with van der Waals surface area (Å²) < 4.78 is 5.40. The van der Waals surface area contributed by atoms with E-state index in [-0.39, 0.29) is 17.9 Å². The van der Waals surface area contributed by atoms with Crippen LogP contribution in [0.25, 0.3) is 11.4 Å². The molecule has 0 aliphatic rings. The van der Waals surface area contributed by atoms with Gasteiger partial charge in [0.15, 0.2) is 0 Å². The van der Waals surface area contributed by atoms with Crippen molar-refractivity contribution in [3.05, 3.63) is 72.1 Å². The third kappa shape index (κ3) is 3.51. The summed E-state index contributed by atoms with van der Waals surface area (Å²) >= 11 is 0. The Hall–Kier alpha value is -2.95. The predicted molar refractivity (Wildman–Crippen MR) is 91.2 cm³/mol. The second kappa shape index (κ2) is 7.08. The summed E-state index contributed by atoms with van der Waals surface area (Å²) in [6, 6.07) is 18.4. The lowest BCUT2D eigenvalue weighted by Gasteiger charge is -2.18. The molecule has 5 heteroatoms. The van der Waals surface area contributed by atoms with E-state index in [4.69, 9.17) is 4.52 Å². The van der Waals surface area contributed by atoms with Crippen molar-refractivity contribution in [1.82, 2.24) is 15.5 Å². The maximum Gasteiger partial charge on any atom is 0.251 e. The summed E-state index contributed by atoms with van der Waals surface area (Å²) in [5, 5.41) is 7.01. The van der Waals surface area contributed by atoms with Gasteiger partial charge >= 0.3 is 0 Å². The Kier molecular flexibility index (Phi) is 4.70. The van der Waals surface area contributed by atoms with Crippen LogP contribution in [0.4, 0.5) is 0 Å². The van der Waals surface area contributed by atoms with Crippen molar-refractivity contribution in [2.24, 2.45) is 5.92 Å². The number of amides is 1. The average molecular weight is 321 g/mol. The minimum Gasteiger partial charge on any atom is -0.340 e. The Morgan fingerprint density at radius 3 is 2.25 bits per heavy atom. The van der Waals surface area contributed by atoms with Crippen LogP contribution in [0.15, 0.2) is 65.2 Å². The first-order valence-electron chi connectivity index (χ1n) is 7.90. The largest absolute Gasteiger partial charge is 0.340 e. The van der Waals surface area contributed by atoms with Crippen LogP contribution in [-0.2, 0) is 0 Å². The SMILES string of the molecule is CC(C)[C@H](NC(=O)c1ccccc1)c1nc(-c2ccccc2)no1. The van der Waals surface area contributed by atoms with E-state index in [1.165, 1.54) is 0 Å². The Balaban J connectivity index is 1.82. The lowest BCUT2D eigenvalue weighted by Crippen LogP contribution is -2.32. The molecule has 24 heavy (non-hydrogen) atoms. The van der Waals surface area contributed by atoms with Crippen LogP contribution in [0.2, 0.25) is 0 Å². The minimum atomic E-state index is -0.345. The van der Waals surface area contributed by atoms with Gasteiger partial charge in [0.25, 0.3) is 5.91 Å². The molecular formula is C19H19N3O2. The Bertz CT molecular complexity index is 798. The molecule has 1 aromatic heterocycles. The first-order valence-corrected chi connectivity index (χ1v) is 7.90. The van der Waals surface area contributed by atoms with E-state index in [1.807, 2.05) is 62.4 Å². The molecule has 0 saturated carbocycles. The number of carbonyl (C=O) groups excluding carboxylic acids is 1. The van der Waals surface area contributed by atoms with Crippen molar-refractivity contribution >= 4 is 5.91 Å². The molecule has 0 spiro atoms. The van der Waals surface area contributed by atoms with E-state index in [1.54, 1.807) is 12.1 Å². The standard InChI is InChI=1S/C19H19N3O2/c1-13(2)16(20-18(23)15-11-7-4-8-12-15)19-21-17(22-24-19)14-9-5-3-6-10-14/h3-13,16H,1-2H3,(H,20,23)/t16-/m0/s1. The van der Waals surface area contributed by atoms with Crippen LogP contribution in [0.5, 0.6) is 0 Å². The second-order valence-electron chi connectivity index (χ2n) is 5.88. The van der Waals surface area contributed by atoms with Gasteiger partial charge in [-0.2, -0.15) is 4.98 Å². The minimum absolute atomic E-state index is 0.113. The number of nitrogens with one attached hydrogen (secondary N) is 1. The highest BCUT2D eigenvalue weighted by Gasteiger charge is 2.25. The molecule has 5 nitrogen and oxygen atoms in total. The number of benzene rings is 2. The van der Waals surface area contributed by atoms with Gasteiger partial charge in [0.05, 0.1) is 0 Å². The van der Waals surface area contributed by atoms with Gasteiger partial charge in [0, 0.05) is 11.1 Å². The lowest BCUT2D eigenvalue weighted by atomic mass is 10.0. The summed E-state index contributed by atoms with van der Waals surface area (Å²) in [5.74, 6) is 0.883. The Labute approximate surface area is 140 Å². The van der Waals surface area contributed by atoms with Gasteiger partial charge in [-0.3, -0.25) is 4.79 Å². The summed E-state index contributed by atoms with van der Waals surface area (Å²) in [6.45, 7) is 4.00. The molecule has 122 valence electrons. The molecule has 1 atom stereocenters. The van der Waals surface area contributed by atoms with Gasteiger partial charge in [-0.1, -0.05) is 67.5 Å². The van der Waals surface area contributed by atoms with Crippen LogP contribution in [-0.4, -0.2) is 16.0 Å². The lowest BCUT2D eigenvalue weighted by molar-refractivity contribution is 0.0914. The van der Waals surface area contributed by atoms with E-state index in [2.05, 4.69) is 15.5 Å². The van der Waals surface area contributed by atoms with E-state index >= 15 is 0 Å². The highest BCUT2D eigenvalue weighted by atomic mass is 16.5. The van der Waals surface area contributed by atoms with Gasteiger partial charge in [-0.05, 0) is 18.1 Å². The van der Waals surface area contributed by atoms with E-state index in [0.29, 0.717) is 17.3 Å². The fraction of sp³-hybridized carbons (Fsp3) is 0.211. The monoisotopic (exact) mass is 321 g/mol. The number of hydrogen-bond donors (Lipinski definition) is 1. The molecule has 0 bridgehead atoms. The molecule has 1 N–H and O–H groups in total. The van der Waals surface area contributed by atoms with Crippen molar-refractivity contribution in [3.63, 3.8) is 0 Å². The summed E-state index contributed by atoms with van der Waals surface area (Å²) in [7, 11) is 0.